The number of hydrogen-bond acceptors (Lipinski definition) is 6. The smallest absolute Gasteiger partial charge is 0.327 e. The highest BCUT2D eigenvalue weighted by Crippen LogP contribution is 2.27. The lowest BCUT2D eigenvalue weighted by Crippen LogP contribution is -2.53. The average molecular weight is 344 g/mol. The number of benzene rings is 1. The third kappa shape index (κ3) is 3.85. The first-order chi connectivity index (χ1) is 10.6. The molecule has 9 heteroatoms. The Morgan fingerprint density at radius 2 is 1.96 bits per heavy atom. The molecule has 0 heterocycles. The molecule has 0 saturated carbocycles. The number of esters is 1. The molecule has 0 amide bonds. The second kappa shape index (κ2) is 7.05. The Morgan fingerprint density at radius 1 is 1.35 bits per heavy atom. The second-order valence-corrected chi connectivity index (χ2v) is 7.07. The highest BCUT2D eigenvalue weighted by molar-refractivity contribution is 7.89. The number of nitro benzene ring substituents is 1. The summed E-state index contributed by atoms with van der Waals surface area (Å²) < 4.78 is 31.5. The molecule has 8 nitrogen and oxygen atoms in total. The zero-order valence-corrected chi connectivity index (χ0v) is 14.3. The van der Waals surface area contributed by atoms with Crippen LogP contribution in [0.4, 0.5) is 5.69 Å². The molecule has 23 heavy (non-hydrogen) atoms. The largest absolute Gasteiger partial charge is 0.465 e. The average Bonchev–Trinajstić information content (AvgIpc) is 2.47. The highest BCUT2D eigenvalue weighted by Gasteiger charge is 2.43. The Labute approximate surface area is 135 Å². The molecule has 128 valence electrons. The van der Waals surface area contributed by atoms with Gasteiger partial charge in [-0.1, -0.05) is 13.0 Å². The van der Waals surface area contributed by atoms with E-state index in [-0.39, 0.29) is 23.7 Å². The molecule has 1 rings (SSSR count). The minimum absolute atomic E-state index is 0.0108. The number of rotatable bonds is 7. The van der Waals surface area contributed by atoms with Crippen LogP contribution in [0.15, 0.2) is 29.2 Å². The van der Waals surface area contributed by atoms with Gasteiger partial charge in [0.1, 0.15) is 5.54 Å². The lowest BCUT2D eigenvalue weighted by molar-refractivity contribution is -0.385. The van der Waals surface area contributed by atoms with Crippen LogP contribution in [0.5, 0.6) is 0 Å². The molecule has 0 spiro atoms. The predicted octanol–water partition coefficient (Wildman–Crippen LogP) is 1.95. The Bertz CT molecular complexity index is 699. The summed E-state index contributed by atoms with van der Waals surface area (Å²) in [5.74, 6) is -0.684. The maximum Gasteiger partial charge on any atom is 0.327 e. The first-order valence-corrected chi connectivity index (χ1v) is 8.47. The van der Waals surface area contributed by atoms with Crippen molar-refractivity contribution in [2.45, 2.75) is 38.1 Å². The minimum Gasteiger partial charge on any atom is -0.465 e. The van der Waals surface area contributed by atoms with Gasteiger partial charge in [-0.2, -0.15) is 4.31 Å². The normalized spacial score (nSPS) is 12.2. The zero-order valence-electron chi connectivity index (χ0n) is 13.5. The Hall–Kier alpha value is -2.00. The van der Waals surface area contributed by atoms with Crippen LogP contribution in [0, 0.1) is 10.1 Å². The van der Waals surface area contributed by atoms with Crippen LogP contribution in [0.2, 0.25) is 0 Å². The number of non-ortho nitro benzene ring substituents is 1. The van der Waals surface area contributed by atoms with Gasteiger partial charge in [0.15, 0.2) is 0 Å². The lowest BCUT2D eigenvalue weighted by atomic mass is 10.1. The molecule has 0 aliphatic carbocycles. The fourth-order valence-corrected chi connectivity index (χ4v) is 3.95. The van der Waals surface area contributed by atoms with E-state index in [4.69, 9.17) is 4.74 Å². The predicted molar refractivity (Wildman–Crippen MR) is 83.4 cm³/mol. The number of hydrogen-bond donors (Lipinski definition) is 0. The molecule has 0 radical (unpaired) electrons. The molecule has 0 N–H and O–H groups in total. The summed E-state index contributed by atoms with van der Waals surface area (Å²) in [6, 6.07) is 4.72. The van der Waals surface area contributed by atoms with E-state index in [1.54, 1.807) is 13.8 Å². The summed E-state index contributed by atoms with van der Waals surface area (Å²) in [4.78, 5) is 22.0. The quantitative estimate of drug-likeness (QED) is 0.425. The van der Waals surface area contributed by atoms with Gasteiger partial charge in [-0.3, -0.25) is 14.9 Å². The topological polar surface area (TPSA) is 107 Å². The molecule has 0 fully saturated rings. The zero-order chi connectivity index (χ0) is 17.8. The minimum atomic E-state index is -4.10. The van der Waals surface area contributed by atoms with Crippen LogP contribution >= 0.6 is 0 Å². The molecule has 0 aromatic heterocycles. The lowest BCUT2D eigenvalue weighted by Gasteiger charge is -2.34. The van der Waals surface area contributed by atoms with E-state index in [1.165, 1.54) is 32.0 Å². The SMILES string of the molecule is CCOC(=O)C(C)(C)N(CC)S(=O)(=O)c1cccc([N+](=O)[O-])c1. The maximum absolute atomic E-state index is 12.8. The summed E-state index contributed by atoms with van der Waals surface area (Å²) in [6.07, 6.45) is 0. The maximum atomic E-state index is 12.8. The number of carbonyl (C=O) groups is 1. The van der Waals surface area contributed by atoms with Crippen LogP contribution in [0.1, 0.15) is 27.7 Å². The van der Waals surface area contributed by atoms with E-state index in [9.17, 15) is 23.3 Å². The Morgan fingerprint density at radius 3 is 2.43 bits per heavy atom. The van der Waals surface area contributed by atoms with Crippen molar-refractivity contribution in [1.82, 2.24) is 4.31 Å². The molecular formula is C14H20N2O6S. The van der Waals surface area contributed by atoms with Crippen molar-refractivity contribution in [3.63, 3.8) is 0 Å². The van der Waals surface area contributed by atoms with Gasteiger partial charge in [0, 0.05) is 18.7 Å². The number of ether oxygens (including phenoxy) is 1. The van der Waals surface area contributed by atoms with Crippen molar-refractivity contribution < 1.29 is 22.9 Å². The van der Waals surface area contributed by atoms with Crippen molar-refractivity contribution >= 4 is 21.7 Å². The molecule has 0 atom stereocenters. The molecule has 0 unspecified atom stereocenters. The van der Waals surface area contributed by atoms with Crippen molar-refractivity contribution in [1.29, 1.82) is 0 Å². The van der Waals surface area contributed by atoms with Crippen LogP contribution in [-0.4, -0.2) is 42.3 Å². The number of nitro groups is 1. The monoisotopic (exact) mass is 344 g/mol. The van der Waals surface area contributed by atoms with Gasteiger partial charge in [0.05, 0.1) is 16.4 Å². The van der Waals surface area contributed by atoms with Crippen LogP contribution in [-0.2, 0) is 19.6 Å². The first-order valence-electron chi connectivity index (χ1n) is 7.03. The molecule has 0 bridgehead atoms. The van der Waals surface area contributed by atoms with Crippen molar-refractivity contribution in [2.75, 3.05) is 13.2 Å². The van der Waals surface area contributed by atoms with Crippen LogP contribution in [0.3, 0.4) is 0 Å². The molecule has 0 saturated heterocycles. The molecular weight excluding hydrogens is 324 g/mol. The van der Waals surface area contributed by atoms with Gasteiger partial charge in [-0.25, -0.2) is 8.42 Å². The van der Waals surface area contributed by atoms with Crippen molar-refractivity contribution in [3.05, 3.63) is 34.4 Å². The van der Waals surface area contributed by atoms with E-state index in [1.807, 2.05) is 0 Å². The van der Waals surface area contributed by atoms with E-state index in [2.05, 4.69) is 0 Å². The number of nitrogens with zero attached hydrogens (tertiary/aromatic N) is 2. The van der Waals surface area contributed by atoms with Gasteiger partial charge in [0.2, 0.25) is 10.0 Å². The third-order valence-corrected chi connectivity index (χ3v) is 5.45. The molecule has 0 aliphatic heterocycles. The van der Waals surface area contributed by atoms with Gasteiger partial charge >= 0.3 is 5.97 Å². The number of sulfonamides is 1. The number of likely N-dealkylation sites (N-methyl/N-ethyl adjacent to an activating group) is 1. The summed E-state index contributed by atoms with van der Waals surface area (Å²) in [5.41, 5.74) is -1.77. The van der Waals surface area contributed by atoms with Crippen molar-refractivity contribution in [3.8, 4) is 0 Å². The fraction of sp³-hybridized carbons (Fsp3) is 0.500. The van der Waals surface area contributed by atoms with Crippen LogP contribution in [0.25, 0.3) is 0 Å². The Kier molecular flexibility index (Phi) is 5.84. The van der Waals surface area contributed by atoms with E-state index >= 15 is 0 Å². The molecule has 0 aliphatic rings. The summed E-state index contributed by atoms with van der Waals surface area (Å²) >= 11 is 0. The third-order valence-electron chi connectivity index (χ3n) is 3.30. The van der Waals surface area contributed by atoms with E-state index < -0.39 is 26.5 Å². The summed E-state index contributed by atoms with van der Waals surface area (Å²) in [6.45, 7) is 6.20. The van der Waals surface area contributed by atoms with Crippen molar-refractivity contribution in [2.24, 2.45) is 0 Å². The second-order valence-electron chi connectivity index (χ2n) is 5.20. The van der Waals surface area contributed by atoms with Gasteiger partial charge in [-0.15, -0.1) is 0 Å². The first kappa shape index (κ1) is 19.0. The standard InChI is InChI=1S/C14H20N2O6S/c1-5-15(14(3,4)13(17)22-6-2)23(20,21)12-9-7-8-11(10-12)16(18)19/h7-10H,5-6H2,1-4H3. The molecule has 1 aromatic rings. The summed E-state index contributed by atoms with van der Waals surface area (Å²) in [5, 5.41) is 10.8. The van der Waals surface area contributed by atoms with Crippen LogP contribution < -0.4 is 0 Å². The highest BCUT2D eigenvalue weighted by atomic mass is 32.2. The van der Waals surface area contributed by atoms with Gasteiger partial charge in [0.25, 0.3) is 5.69 Å². The molecule has 1 aromatic carbocycles. The van der Waals surface area contributed by atoms with E-state index in [0.29, 0.717) is 0 Å². The Balaban J connectivity index is 3.36. The fourth-order valence-electron chi connectivity index (χ4n) is 2.16. The van der Waals surface area contributed by atoms with Gasteiger partial charge in [-0.05, 0) is 26.8 Å². The van der Waals surface area contributed by atoms with Gasteiger partial charge < -0.3 is 4.74 Å². The summed E-state index contributed by atoms with van der Waals surface area (Å²) in [7, 11) is -4.10. The number of carbonyl (C=O) groups excluding carboxylic acids is 1. The van der Waals surface area contributed by atoms with E-state index in [0.717, 1.165) is 10.4 Å².